The molecule has 0 radical (unpaired) electrons. The molecule has 2 bridgehead atoms. The minimum Gasteiger partial charge on any atom is -0.508 e. The van der Waals surface area contributed by atoms with E-state index in [1.54, 1.807) is 27.7 Å². The SMILES string of the molecule is CCCCCCCCCCCCC[C@@H](O)CC(=O)NC(CCC(=O)O)C(=O)NC(CCCN)C(=O)NC1Cc2ccc(cc2)OC(=O)C(C(C)CC)NC(=O)C(Cc2ccc(O)cc2)NC(=O)C(CCC(N)=O)NC(=O)C2CCCN2C(=O)C(C(C)C)NC(=O)C(CCC(=O)O)NC(=O)[C@@H]([C@@H](C)O)NC1=O. The summed E-state index contributed by atoms with van der Waals surface area (Å²) in [6.45, 7) is 9.70. The van der Waals surface area contributed by atoms with E-state index in [1.165, 1.54) is 80.6 Å². The van der Waals surface area contributed by atoms with Gasteiger partial charge in [0.15, 0.2) is 0 Å². The van der Waals surface area contributed by atoms with Crippen molar-refractivity contribution in [3.63, 3.8) is 0 Å². The second-order valence-corrected chi connectivity index (χ2v) is 28.1. The number of aliphatic hydroxyl groups is 2. The summed E-state index contributed by atoms with van der Waals surface area (Å²) in [6.07, 6.45) is 5.31. The average Bonchev–Trinajstić information content (AvgIpc) is 1.48. The van der Waals surface area contributed by atoms with Crippen LogP contribution in [-0.2, 0) is 80.0 Å². The number of aliphatic hydroxyl groups excluding tert-OH is 2. The van der Waals surface area contributed by atoms with Crippen LogP contribution in [0, 0.1) is 11.8 Å². The number of carbonyl (C=O) groups is 14. The van der Waals surface area contributed by atoms with E-state index in [9.17, 15) is 92.7 Å². The molecule has 106 heavy (non-hydrogen) atoms. The van der Waals surface area contributed by atoms with E-state index in [4.69, 9.17) is 16.2 Å². The molecule has 2 aromatic carbocycles. The van der Waals surface area contributed by atoms with Crippen molar-refractivity contribution in [3.05, 3.63) is 59.7 Å². The van der Waals surface area contributed by atoms with E-state index in [2.05, 4.69) is 54.8 Å². The van der Waals surface area contributed by atoms with E-state index < -0.39 is 219 Å². The molecule has 5 rings (SSSR count). The number of rotatable bonds is 37. The Bertz CT molecular complexity index is 3250. The molecule has 13 atom stereocenters. The van der Waals surface area contributed by atoms with Gasteiger partial charge in [-0.1, -0.05) is 136 Å². The highest BCUT2D eigenvalue weighted by Crippen LogP contribution is 2.24. The third kappa shape index (κ3) is 31.4. The Kier molecular flexibility index (Phi) is 39.2. The summed E-state index contributed by atoms with van der Waals surface area (Å²) in [4.78, 5) is 196. The summed E-state index contributed by atoms with van der Waals surface area (Å²) in [5, 5.41) is 74.6. The Hall–Kier alpha value is -9.30. The predicted molar refractivity (Wildman–Crippen MR) is 388 cm³/mol. The fourth-order valence-electron chi connectivity index (χ4n) is 12.4. The van der Waals surface area contributed by atoms with Crippen LogP contribution in [0.15, 0.2) is 48.5 Å². The summed E-state index contributed by atoms with van der Waals surface area (Å²) in [6, 6.07) is -4.87. The number of carbonyl (C=O) groups excluding carboxylic acids is 12. The predicted octanol–water partition coefficient (Wildman–Crippen LogP) is 1.72. The molecular weight excluding hydrogens is 1380 g/mol. The van der Waals surface area contributed by atoms with Gasteiger partial charge in [0.1, 0.15) is 71.9 Å². The average molecular weight is 1490 g/mol. The van der Waals surface area contributed by atoms with Crippen molar-refractivity contribution in [2.24, 2.45) is 23.3 Å². The minimum absolute atomic E-state index is 0.0230. The zero-order valence-corrected chi connectivity index (χ0v) is 62.0. The maximum Gasteiger partial charge on any atom is 0.334 e. The first-order chi connectivity index (χ1) is 50.3. The molecule has 0 aromatic heterocycles. The summed E-state index contributed by atoms with van der Waals surface area (Å²) < 4.78 is 5.83. The highest BCUT2D eigenvalue weighted by Gasteiger charge is 2.43. The maximum absolute atomic E-state index is 14.9. The van der Waals surface area contributed by atoms with Crippen LogP contribution in [0.1, 0.15) is 207 Å². The molecule has 590 valence electrons. The number of aliphatic carboxylic acids is 2. The van der Waals surface area contributed by atoms with Gasteiger partial charge in [0.25, 0.3) is 0 Å². The molecule has 32 nitrogen and oxygen atoms in total. The first kappa shape index (κ1) is 89.1. The van der Waals surface area contributed by atoms with Crippen molar-refractivity contribution in [3.8, 4) is 11.5 Å². The smallest absolute Gasteiger partial charge is 0.334 e. The first-order valence-corrected chi connectivity index (χ1v) is 37.3. The molecule has 2 aromatic rings. The zero-order valence-electron chi connectivity index (χ0n) is 62.0. The van der Waals surface area contributed by atoms with Crippen LogP contribution >= 0.6 is 0 Å². The fourth-order valence-corrected chi connectivity index (χ4v) is 12.4. The Balaban J connectivity index is 1.78. The number of phenolic OH excluding ortho intramolecular Hbond substituents is 1. The lowest BCUT2D eigenvalue weighted by Gasteiger charge is -2.32. The molecule has 0 spiro atoms. The number of carboxylic acids is 2. The molecular formula is C74H114N12O20. The monoisotopic (exact) mass is 1490 g/mol. The van der Waals surface area contributed by atoms with Gasteiger partial charge in [-0.05, 0) is 112 Å². The molecule has 0 saturated carbocycles. The fraction of sp³-hybridized carbons (Fsp3) is 0.649. The topological polar surface area (TPSA) is 513 Å². The molecule has 18 N–H and O–H groups in total. The number of benzene rings is 2. The summed E-state index contributed by atoms with van der Waals surface area (Å²) in [5.74, 6) is -16.1. The lowest BCUT2D eigenvalue weighted by Crippen LogP contribution is -2.62. The standard InChI is InChI=1S/C74H114N12O20/c1-7-9-10-11-12-13-14-15-16-17-18-21-49(89)42-59(91)77-52(33-36-60(92)93)66(97)78-51(22-19-38-75)65(96)81-56-41-47-26-30-50(31-27-47)106-74(105)63(44(5)8-2)84-69(100)55(40-46-24-28-48(88)29-25-46)82-67(98)53(32-35-58(76)90)79-71(102)57-23-20-39-86(57)73(104)62(43(3)4)83-68(99)54(34-37-61(94)95)80-72(103)64(45(6)87)85-70(56)101/h24-31,43-45,49,51-57,62-64,87-89H,7-23,32-42,75H2,1-6H3,(H2,76,90)(H,77,91)(H,78,97)(H,79,102)(H,80,103)(H,81,96)(H,82,98)(H,83,99)(H,84,100)(H,85,101)(H,92,93)(H,94,95)/t44?,45-,49-,51?,52?,53?,54?,55?,56?,57?,62?,63?,64-/m1/s1. The number of hydrogen-bond donors (Lipinski definition) is 16. The molecule has 3 aliphatic heterocycles. The van der Waals surface area contributed by atoms with E-state index in [-0.39, 0.29) is 62.3 Å². The number of nitrogens with two attached hydrogens (primary N) is 2. The number of amides is 11. The second-order valence-electron chi connectivity index (χ2n) is 28.1. The normalized spacial score (nSPS) is 21.8. The van der Waals surface area contributed by atoms with Gasteiger partial charge in [-0.15, -0.1) is 0 Å². The Morgan fingerprint density at radius 1 is 0.594 bits per heavy atom. The highest BCUT2D eigenvalue weighted by atomic mass is 16.5. The molecule has 0 aliphatic carbocycles. The van der Waals surface area contributed by atoms with Gasteiger partial charge in [0.2, 0.25) is 65.0 Å². The summed E-state index contributed by atoms with van der Waals surface area (Å²) in [5.41, 5.74) is 12.1. The number of carboxylic acid groups (broad SMARTS) is 2. The molecule has 32 heteroatoms. The van der Waals surface area contributed by atoms with Gasteiger partial charge < -0.3 is 94.5 Å². The molecule has 1 fully saturated rings. The van der Waals surface area contributed by atoms with Gasteiger partial charge in [0, 0.05) is 38.6 Å². The molecule has 3 aliphatic rings. The number of primary amides is 1. The first-order valence-electron chi connectivity index (χ1n) is 37.3. The Labute approximate surface area is 619 Å². The number of hydrogen-bond acceptors (Lipinski definition) is 19. The van der Waals surface area contributed by atoms with Crippen LogP contribution in [0.5, 0.6) is 11.5 Å². The zero-order chi connectivity index (χ0) is 78.6. The quantitative estimate of drug-likeness (QED) is 0.0198. The number of nitrogens with one attached hydrogen (secondary N) is 9. The summed E-state index contributed by atoms with van der Waals surface area (Å²) >= 11 is 0. The largest absolute Gasteiger partial charge is 0.508 e. The van der Waals surface area contributed by atoms with Gasteiger partial charge in [-0.3, -0.25) is 62.3 Å². The molecule has 1 saturated heterocycles. The molecule has 3 heterocycles. The second kappa shape index (κ2) is 46.6. The van der Waals surface area contributed by atoms with E-state index in [0.717, 1.165) is 43.9 Å². The third-order valence-electron chi connectivity index (χ3n) is 18.9. The van der Waals surface area contributed by atoms with E-state index in [1.807, 2.05) is 0 Å². The highest BCUT2D eigenvalue weighted by molar-refractivity contribution is 6.00. The van der Waals surface area contributed by atoms with Crippen LogP contribution in [0.25, 0.3) is 0 Å². The van der Waals surface area contributed by atoms with Crippen molar-refractivity contribution in [1.82, 2.24) is 52.8 Å². The van der Waals surface area contributed by atoms with Gasteiger partial charge in [-0.25, -0.2) is 4.79 Å². The van der Waals surface area contributed by atoms with Crippen LogP contribution in [0.4, 0.5) is 0 Å². The summed E-state index contributed by atoms with van der Waals surface area (Å²) in [7, 11) is 0. The number of esters is 1. The number of fused-ring (bicyclic) bond motifs is 23. The number of nitrogens with zero attached hydrogens (tertiary/aromatic N) is 1. The number of phenols is 1. The van der Waals surface area contributed by atoms with Gasteiger partial charge in [0.05, 0.1) is 18.6 Å². The van der Waals surface area contributed by atoms with Crippen molar-refractivity contribution in [1.29, 1.82) is 0 Å². The van der Waals surface area contributed by atoms with Crippen LogP contribution < -0.4 is 64.1 Å². The molecule has 11 amide bonds. The molecule has 10 unspecified atom stereocenters. The van der Waals surface area contributed by atoms with Crippen molar-refractivity contribution < 1.29 is 97.4 Å². The van der Waals surface area contributed by atoms with Gasteiger partial charge in [-0.2, -0.15) is 0 Å². The van der Waals surface area contributed by atoms with Crippen molar-refractivity contribution in [2.75, 3.05) is 13.1 Å². The third-order valence-corrected chi connectivity index (χ3v) is 18.9. The number of ether oxygens (including phenoxy) is 1. The van der Waals surface area contributed by atoms with Gasteiger partial charge >= 0.3 is 17.9 Å². The Morgan fingerprint density at radius 2 is 1.14 bits per heavy atom. The van der Waals surface area contributed by atoms with E-state index >= 15 is 0 Å². The Morgan fingerprint density at radius 3 is 1.72 bits per heavy atom. The van der Waals surface area contributed by atoms with Crippen molar-refractivity contribution in [2.45, 2.75) is 281 Å². The minimum atomic E-state index is -1.99. The van der Waals surface area contributed by atoms with Crippen LogP contribution in [-0.4, -0.2) is 199 Å². The van der Waals surface area contributed by atoms with Crippen LogP contribution in [0.2, 0.25) is 0 Å². The lowest BCUT2D eigenvalue weighted by molar-refractivity contribution is -0.144. The van der Waals surface area contributed by atoms with Crippen LogP contribution in [0.3, 0.4) is 0 Å². The lowest BCUT2D eigenvalue weighted by atomic mass is 9.97. The maximum atomic E-state index is 14.9. The van der Waals surface area contributed by atoms with E-state index in [0.29, 0.717) is 24.8 Å². The number of aromatic hydroxyl groups is 1. The van der Waals surface area contributed by atoms with Crippen molar-refractivity contribution >= 4 is 82.9 Å². The number of unbranched alkanes of at least 4 members (excludes halogenated alkanes) is 10.